The van der Waals surface area contributed by atoms with Gasteiger partial charge in [-0.2, -0.15) is 0 Å². The standard InChI is InChI=1S/C16H25NO/c1-14(15-7-3-2-4-8-15)10-12-17-11-6-5-9-16(17)13-18/h2-4,7-8,14,16,18H,5-6,9-13H2,1H3/t14-,16-/m0/s1. The van der Waals surface area contributed by atoms with E-state index in [1.165, 1.54) is 24.8 Å². The summed E-state index contributed by atoms with van der Waals surface area (Å²) >= 11 is 0. The predicted molar refractivity (Wildman–Crippen MR) is 75.8 cm³/mol. The van der Waals surface area contributed by atoms with Gasteiger partial charge in [-0.25, -0.2) is 0 Å². The molecule has 1 aliphatic rings. The zero-order valence-corrected chi connectivity index (χ0v) is 11.4. The highest BCUT2D eigenvalue weighted by Gasteiger charge is 2.21. The second-order valence-electron chi connectivity index (χ2n) is 5.47. The van der Waals surface area contributed by atoms with E-state index in [1.807, 2.05) is 0 Å². The van der Waals surface area contributed by atoms with Gasteiger partial charge in [-0.15, -0.1) is 0 Å². The summed E-state index contributed by atoms with van der Waals surface area (Å²) in [7, 11) is 0. The summed E-state index contributed by atoms with van der Waals surface area (Å²) in [5.74, 6) is 0.604. The number of aliphatic hydroxyl groups excluding tert-OH is 1. The number of likely N-dealkylation sites (tertiary alicyclic amines) is 1. The zero-order valence-electron chi connectivity index (χ0n) is 11.4. The Hall–Kier alpha value is -0.860. The van der Waals surface area contributed by atoms with Gasteiger partial charge >= 0.3 is 0 Å². The molecule has 0 unspecified atom stereocenters. The van der Waals surface area contributed by atoms with E-state index in [9.17, 15) is 5.11 Å². The predicted octanol–water partition coefficient (Wildman–Crippen LogP) is 3.03. The molecule has 0 radical (unpaired) electrons. The van der Waals surface area contributed by atoms with Crippen molar-refractivity contribution in [3.63, 3.8) is 0 Å². The van der Waals surface area contributed by atoms with Gasteiger partial charge in [0.05, 0.1) is 6.61 Å². The fourth-order valence-corrected chi connectivity index (χ4v) is 2.87. The van der Waals surface area contributed by atoms with E-state index in [0.29, 0.717) is 18.6 Å². The lowest BCUT2D eigenvalue weighted by Crippen LogP contribution is -2.42. The van der Waals surface area contributed by atoms with Crippen LogP contribution in [0.25, 0.3) is 0 Å². The maximum Gasteiger partial charge on any atom is 0.0586 e. The van der Waals surface area contributed by atoms with Crippen LogP contribution in [-0.4, -0.2) is 35.7 Å². The molecule has 0 aromatic heterocycles. The fraction of sp³-hybridized carbons (Fsp3) is 0.625. The molecule has 1 N–H and O–H groups in total. The van der Waals surface area contributed by atoms with Gasteiger partial charge < -0.3 is 5.11 Å². The maximum atomic E-state index is 9.40. The Labute approximate surface area is 111 Å². The van der Waals surface area contributed by atoms with Gasteiger partial charge in [0.15, 0.2) is 0 Å². The van der Waals surface area contributed by atoms with Crippen molar-refractivity contribution in [3.05, 3.63) is 35.9 Å². The molecule has 1 aromatic carbocycles. The molecule has 0 aliphatic carbocycles. The van der Waals surface area contributed by atoms with Crippen molar-refractivity contribution in [2.75, 3.05) is 19.7 Å². The summed E-state index contributed by atoms with van der Waals surface area (Å²) in [5.41, 5.74) is 1.43. The van der Waals surface area contributed by atoms with Gasteiger partial charge in [-0.05, 0) is 43.8 Å². The van der Waals surface area contributed by atoms with Crippen LogP contribution in [0.4, 0.5) is 0 Å². The Bertz CT molecular complexity index is 338. The molecule has 1 fully saturated rings. The first-order chi connectivity index (χ1) is 8.81. The van der Waals surface area contributed by atoms with Crippen molar-refractivity contribution in [3.8, 4) is 0 Å². The number of aliphatic hydroxyl groups is 1. The Morgan fingerprint density at radius 3 is 2.78 bits per heavy atom. The number of piperidine rings is 1. The molecular weight excluding hydrogens is 222 g/mol. The third-order valence-electron chi connectivity index (χ3n) is 4.18. The molecule has 0 amide bonds. The Morgan fingerprint density at radius 1 is 1.28 bits per heavy atom. The number of nitrogens with zero attached hydrogens (tertiary/aromatic N) is 1. The summed E-state index contributed by atoms with van der Waals surface area (Å²) in [5, 5.41) is 9.40. The van der Waals surface area contributed by atoms with Crippen LogP contribution < -0.4 is 0 Å². The van der Waals surface area contributed by atoms with Crippen molar-refractivity contribution in [2.24, 2.45) is 0 Å². The summed E-state index contributed by atoms with van der Waals surface area (Å²) in [6.07, 6.45) is 4.91. The van der Waals surface area contributed by atoms with Crippen molar-refractivity contribution < 1.29 is 5.11 Å². The largest absolute Gasteiger partial charge is 0.395 e. The highest BCUT2D eigenvalue weighted by Crippen LogP contribution is 2.22. The topological polar surface area (TPSA) is 23.5 Å². The quantitative estimate of drug-likeness (QED) is 0.864. The van der Waals surface area contributed by atoms with Crippen LogP contribution in [0.3, 0.4) is 0 Å². The number of hydrogen-bond acceptors (Lipinski definition) is 2. The molecule has 1 heterocycles. The van der Waals surface area contributed by atoms with Crippen molar-refractivity contribution in [1.29, 1.82) is 0 Å². The van der Waals surface area contributed by atoms with Crippen LogP contribution in [0.1, 0.15) is 44.1 Å². The molecule has 1 aliphatic heterocycles. The molecule has 1 aromatic rings. The highest BCUT2D eigenvalue weighted by atomic mass is 16.3. The van der Waals surface area contributed by atoms with E-state index in [0.717, 1.165) is 19.5 Å². The molecule has 2 nitrogen and oxygen atoms in total. The van der Waals surface area contributed by atoms with Crippen LogP contribution in [0, 0.1) is 0 Å². The number of rotatable bonds is 5. The first-order valence-corrected chi connectivity index (χ1v) is 7.21. The zero-order chi connectivity index (χ0) is 12.8. The minimum Gasteiger partial charge on any atom is -0.395 e. The number of benzene rings is 1. The van der Waals surface area contributed by atoms with Gasteiger partial charge in [-0.1, -0.05) is 43.7 Å². The van der Waals surface area contributed by atoms with Crippen LogP contribution >= 0.6 is 0 Å². The van der Waals surface area contributed by atoms with Crippen molar-refractivity contribution in [2.45, 2.75) is 44.6 Å². The van der Waals surface area contributed by atoms with E-state index >= 15 is 0 Å². The van der Waals surface area contributed by atoms with Crippen LogP contribution in [0.15, 0.2) is 30.3 Å². The van der Waals surface area contributed by atoms with Crippen molar-refractivity contribution >= 4 is 0 Å². The van der Waals surface area contributed by atoms with Gasteiger partial charge in [0.25, 0.3) is 0 Å². The summed E-state index contributed by atoms with van der Waals surface area (Å²) in [4.78, 5) is 2.48. The van der Waals surface area contributed by atoms with Crippen LogP contribution in [0.2, 0.25) is 0 Å². The van der Waals surface area contributed by atoms with Gasteiger partial charge in [0, 0.05) is 6.04 Å². The molecule has 1 saturated heterocycles. The molecule has 0 spiro atoms. The molecule has 0 saturated carbocycles. The van der Waals surface area contributed by atoms with E-state index in [-0.39, 0.29) is 0 Å². The van der Waals surface area contributed by atoms with Crippen LogP contribution in [0.5, 0.6) is 0 Å². The highest BCUT2D eigenvalue weighted by molar-refractivity contribution is 5.18. The minimum absolute atomic E-state index is 0.319. The van der Waals surface area contributed by atoms with Crippen molar-refractivity contribution in [1.82, 2.24) is 4.90 Å². The normalized spacial score (nSPS) is 22.9. The third kappa shape index (κ3) is 3.56. The van der Waals surface area contributed by atoms with Gasteiger partial charge in [0.2, 0.25) is 0 Å². The minimum atomic E-state index is 0.319. The van der Waals surface area contributed by atoms with E-state index < -0.39 is 0 Å². The first kappa shape index (κ1) is 13.6. The molecular formula is C16H25NO. The average molecular weight is 247 g/mol. The first-order valence-electron chi connectivity index (χ1n) is 7.21. The monoisotopic (exact) mass is 247 g/mol. The lowest BCUT2D eigenvalue weighted by molar-refractivity contribution is 0.0878. The van der Waals surface area contributed by atoms with Gasteiger partial charge in [0.1, 0.15) is 0 Å². The summed E-state index contributed by atoms with van der Waals surface area (Å²) < 4.78 is 0. The third-order valence-corrected chi connectivity index (χ3v) is 4.18. The summed E-state index contributed by atoms with van der Waals surface area (Å²) in [6.45, 7) is 4.89. The van der Waals surface area contributed by atoms with Crippen LogP contribution in [-0.2, 0) is 0 Å². The average Bonchev–Trinajstić information content (AvgIpc) is 2.46. The smallest absolute Gasteiger partial charge is 0.0586 e. The van der Waals surface area contributed by atoms with E-state index in [2.05, 4.69) is 42.2 Å². The maximum absolute atomic E-state index is 9.40. The van der Waals surface area contributed by atoms with E-state index in [1.54, 1.807) is 0 Å². The lowest BCUT2D eigenvalue weighted by Gasteiger charge is -2.35. The Kier molecular flexibility index (Phi) is 5.21. The fourth-order valence-electron chi connectivity index (χ4n) is 2.87. The second-order valence-corrected chi connectivity index (χ2v) is 5.47. The molecule has 18 heavy (non-hydrogen) atoms. The Balaban J connectivity index is 1.83. The Morgan fingerprint density at radius 2 is 2.06 bits per heavy atom. The second kappa shape index (κ2) is 6.91. The van der Waals surface area contributed by atoms with E-state index in [4.69, 9.17) is 0 Å². The van der Waals surface area contributed by atoms with Gasteiger partial charge in [-0.3, -0.25) is 4.90 Å². The molecule has 2 atom stereocenters. The molecule has 100 valence electrons. The molecule has 2 rings (SSSR count). The number of hydrogen-bond donors (Lipinski definition) is 1. The SMILES string of the molecule is C[C@@H](CCN1CCCC[C@H]1CO)c1ccccc1. The molecule has 0 bridgehead atoms. The summed E-state index contributed by atoms with van der Waals surface area (Å²) in [6, 6.07) is 11.1. The molecule has 2 heteroatoms. The lowest BCUT2D eigenvalue weighted by atomic mass is 9.96.